The fourth-order valence-corrected chi connectivity index (χ4v) is 4.82. The van der Waals surface area contributed by atoms with Crippen LogP contribution in [0.25, 0.3) is 10.2 Å². The van der Waals surface area contributed by atoms with Crippen LogP contribution < -0.4 is 9.64 Å². The predicted octanol–water partition coefficient (Wildman–Crippen LogP) is 5.11. The highest BCUT2D eigenvalue weighted by molar-refractivity contribution is 7.22. The number of halogens is 2. The molecule has 0 saturated carbocycles. The zero-order chi connectivity index (χ0) is 23.2. The van der Waals surface area contributed by atoms with E-state index in [1.807, 2.05) is 30.3 Å². The number of hydrogen-bond acceptors (Lipinski definition) is 6. The van der Waals surface area contributed by atoms with Crippen LogP contribution in [0.15, 0.2) is 42.5 Å². The van der Waals surface area contributed by atoms with E-state index in [1.54, 1.807) is 11.0 Å². The van der Waals surface area contributed by atoms with Gasteiger partial charge in [0.25, 0.3) is 5.91 Å². The lowest BCUT2D eigenvalue weighted by atomic mass is 10.0. The molecule has 1 saturated heterocycles. The van der Waals surface area contributed by atoms with Gasteiger partial charge in [-0.25, -0.2) is 9.37 Å². The number of rotatable bonds is 9. The number of thiazole rings is 1. The summed E-state index contributed by atoms with van der Waals surface area (Å²) in [5.74, 6) is 0.514. The Hall–Kier alpha value is -2.26. The second kappa shape index (κ2) is 12.4. The van der Waals surface area contributed by atoms with E-state index in [0.29, 0.717) is 28.9 Å². The summed E-state index contributed by atoms with van der Waals surface area (Å²) in [4.78, 5) is 21.6. The van der Waals surface area contributed by atoms with E-state index in [2.05, 4.69) is 23.7 Å². The smallest absolute Gasteiger partial charge is 0.266 e. The minimum absolute atomic E-state index is 0. The lowest BCUT2D eigenvalue weighted by Crippen LogP contribution is -2.40. The lowest BCUT2D eigenvalue weighted by Gasteiger charge is -2.27. The van der Waals surface area contributed by atoms with Gasteiger partial charge in [0.1, 0.15) is 17.1 Å². The number of carbonyl (C=O) groups excluding carboxylic acids is 1. The molecule has 3 aromatic rings. The Morgan fingerprint density at radius 3 is 2.62 bits per heavy atom. The maximum absolute atomic E-state index is 14.2. The Labute approximate surface area is 210 Å². The molecule has 1 aliphatic rings. The molecule has 0 bridgehead atoms. The molecule has 0 unspecified atom stereocenters. The van der Waals surface area contributed by atoms with E-state index < -0.39 is 0 Å². The third-order valence-electron chi connectivity index (χ3n) is 5.76. The first kappa shape index (κ1) is 26.3. The highest BCUT2D eigenvalue weighted by Gasteiger charge is 2.22. The van der Waals surface area contributed by atoms with Gasteiger partial charge < -0.3 is 9.47 Å². The molecule has 0 spiro atoms. The van der Waals surface area contributed by atoms with Gasteiger partial charge in [-0.05, 0) is 42.2 Å². The minimum atomic E-state index is -0.378. The van der Waals surface area contributed by atoms with E-state index in [-0.39, 0.29) is 30.7 Å². The number of benzene rings is 2. The average molecular weight is 508 g/mol. The SMILES string of the molecule is CC(C)c1ccc(OCC(=O)N(CCCN2CCOCC2)c2nc3c(F)cccc3s2)cc1.Cl. The van der Waals surface area contributed by atoms with Crippen molar-refractivity contribution in [3.05, 3.63) is 53.8 Å². The largest absolute Gasteiger partial charge is 0.484 e. The molecule has 184 valence electrons. The van der Waals surface area contributed by atoms with Gasteiger partial charge in [0, 0.05) is 26.2 Å². The summed E-state index contributed by atoms with van der Waals surface area (Å²) in [6, 6.07) is 12.7. The van der Waals surface area contributed by atoms with Crippen LogP contribution in [0.2, 0.25) is 0 Å². The molecule has 0 aliphatic carbocycles. The van der Waals surface area contributed by atoms with Crippen molar-refractivity contribution in [1.29, 1.82) is 0 Å². The van der Waals surface area contributed by atoms with Gasteiger partial charge in [-0.15, -0.1) is 12.4 Å². The Morgan fingerprint density at radius 1 is 1.21 bits per heavy atom. The quantitative estimate of drug-likeness (QED) is 0.402. The molecule has 0 radical (unpaired) electrons. The molecule has 1 aliphatic heterocycles. The maximum atomic E-state index is 14.2. The fourth-order valence-electron chi connectivity index (χ4n) is 3.79. The van der Waals surface area contributed by atoms with Crippen molar-refractivity contribution < 1.29 is 18.7 Å². The zero-order valence-electron chi connectivity index (χ0n) is 19.5. The Bertz CT molecular complexity index is 1070. The minimum Gasteiger partial charge on any atom is -0.484 e. The summed E-state index contributed by atoms with van der Waals surface area (Å²) in [6.07, 6.45) is 0.785. The number of hydrogen-bond donors (Lipinski definition) is 0. The molecule has 0 N–H and O–H groups in total. The van der Waals surface area contributed by atoms with Crippen LogP contribution >= 0.6 is 23.7 Å². The Kier molecular flexibility index (Phi) is 9.64. The third-order valence-corrected chi connectivity index (χ3v) is 6.80. The van der Waals surface area contributed by atoms with Gasteiger partial charge >= 0.3 is 0 Å². The highest BCUT2D eigenvalue weighted by Crippen LogP contribution is 2.30. The number of anilines is 1. The van der Waals surface area contributed by atoms with Crippen LogP contribution in [0.4, 0.5) is 9.52 Å². The van der Waals surface area contributed by atoms with Crippen LogP contribution in [0.3, 0.4) is 0 Å². The van der Waals surface area contributed by atoms with Gasteiger partial charge in [0.05, 0.1) is 17.9 Å². The topological polar surface area (TPSA) is 54.9 Å². The van der Waals surface area contributed by atoms with E-state index in [9.17, 15) is 9.18 Å². The number of para-hydroxylation sites is 1. The molecule has 9 heteroatoms. The first-order valence-electron chi connectivity index (χ1n) is 11.4. The van der Waals surface area contributed by atoms with Crippen LogP contribution in [0.5, 0.6) is 5.75 Å². The van der Waals surface area contributed by atoms with Crippen molar-refractivity contribution in [2.24, 2.45) is 0 Å². The first-order valence-corrected chi connectivity index (χ1v) is 12.2. The van der Waals surface area contributed by atoms with E-state index in [0.717, 1.165) is 44.0 Å². The zero-order valence-corrected chi connectivity index (χ0v) is 21.2. The van der Waals surface area contributed by atoms with Crippen molar-refractivity contribution in [3.8, 4) is 5.75 Å². The second-order valence-corrected chi connectivity index (χ2v) is 9.46. The van der Waals surface area contributed by atoms with Gasteiger partial charge in [-0.2, -0.15) is 0 Å². The van der Waals surface area contributed by atoms with Crippen molar-refractivity contribution >= 4 is 45.0 Å². The van der Waals surface area contributed by atoms with E-state index in [4.69, 9.17) is 9.47 Å². The van der Waals surface area contributed by atoms with E-state index in [1.165, 1.54) is 23.0 Å². The summed E-state index contributed by atoms with van der Waals surface area (Å²) >= 11 is 1.33. The molecule has 2 heterocycles. The molecular formula is C25H31ClFN3O3S. The lowest BCUT2D eigenvalue weighted by molar-refractivity contribution is -0.120. The van der Waals surface area contributed by atoms with Gasteiger partial charge in [0.15, 0.2) is 11.7 Å². The summed E-state index contributed by atoms with van der Waals surface area (Å²) in [5, 5.41) is 0.501. The fraction of sp³-hybridized carbons (Fsp3) is 0.440. The predicted molar refractivity (Wildman–Crippen MR) is 137 cm³/mol. The molecule has 1 amide bonds. The number of amides is 1. The van der Waals surface area contributed by atoms with Crippen molar-refractivity contribution in [1.82, 2.24) is 9.88 Å². The van der Waals surface area contributed by atoms with Crippen LogP contribution in [0, 0.1) is 5.82 Å². The van der Waals surface area contributed by atoms with Crippen molar-refractivity contribution in [3.63, 3.8) is 0 Å². The molecular weight excluding hydrogens is 477 g/mol. The number of carbonyl (C=O) groups is 1. The monoisotopic (exact) mass is 507 g/mol. The number of aromatic nitrogens is 1. The Morgan fingerprint density at radius 2 is 1.94 bits per heavy atom. The Balaban J connectivity index is 0.00000324. The number of ether oxygens (including phenoxy) is 2. The molecule has 1 fully saturated rings. The van der Waals surface area contributed by atoms with Gasteiger partial charge in [-0.3, -0.25) is 14.6 Å². The second-order valence-electron chi connectivity index (χ2n) is 8.45. The summed E-state index contributed by atoms with van der Waals surface area (Å²) in [5.41, 5.74) is 1.52. The van der Waals surface area contributed by atoms with Crippen molar-refractivity contribution in [2.75, 3.05) is 50.9 Å². The summed E-state index contributed by atoms with van der Waals surface area (Å²) in [6.45, 7) is 8.80. The summed E-state index contributed by atoms with van der Waals surface area (Å²) < 4.78 is 26.1. The van der Waals surface area contributed by atoms with Crippen LogP contribution in [-0.4, -0.2) is 61.8 Å². The van der Waals surface area contributed by atoms with Crippen LogP contribution in [-0.2, 0) is 9.53 Å². The van der Waals surface area contributed by atoms with Crippen LogP contribution in [0.1, 0.15) is 31.7 Å². The maximum Gasteiger partial charge on any atom is 0.266 e. The molecule has 0 atom stereocenters. The third kappa shape index (κ3) is 6.66. The van der Waals surface area contributed by atoms with E-state index >= 15 is 0 Å². The van der Waals surface area contributed by atoms with Crippen molar-refractivity contribution in [2.45, 2.75) is 26.2 Å². The van der Waals surface area contributed by atoms with Gasteiger partial charge in [-0.1, -0.05) is 43.4 Å². The van der Waals surface area contributed by atoms with Gasteiger partial charge in [0.2, 0.25) is 0 Å². The molecule has 6 nitrogen and oxygen atoms in total. The molecule has 4 rings (SSSR count). The average Bonchev–Trinajstić information content (AvgIpc) is 3.26. The molecule has 2 aromatic carbocycles. The standard InChI is InChI=1S/C25H30FN3O3S.ClH/c1-18(2)19-7-9-20(10-8-19)32-17-23(30)29(12-4-11-28-13-15-31-16-14-28)25-27-24-21(26)5-3-6-22(24)33-25;/h3,5-10,18H,4,11-17H2,1-2H3;1H. The number of fused-ring (bicyclic) bond motifs is 1. The summed E-state index contributed by atoms with van der Waals surface area (Å²) in [7, 11) is 0. The number of morpholine rings is 1. The first-order chi connectivity index (χ1) is 16.0. The normalized spacial score (nSPS) is 14.2. The number of nitrogens with zero attached hydrogens (tertiary/aromatic N) is 3. The molecule has 1 aromatic heterocycles. The molecule has 34 heavy (non-hydrogen) atoms. The highest BCUT2D eigenvalue weighted by atomic mass is 35.5.